The molecule has 1 fully saturated rings. The standard InChI is InChI=1S/C20H26N4O3/c1-13-19(14(2)24(23-13)9-8-18(21)25)15-5-3-6-16(11-15)20(26)22-12-17-7-4-10-27-17/h3,5-6,11,17H,4,7-10,12H2,1-2H3,(H2,21,25)(H,22,26)/t17-/m0/s1. The van der Waals surface area contributed by atoms with Crippen molar-refractivity contribution in [1.82, 2.24) is 15.1 Å². The SMILES string of the molecule is Cc1nn(CCC(N)=O)c(C)c1-c1cccc(C(=O)NC[C@@H]2CCCO2)c1. The minimum absolute atomic E-state index is 0.108. The average Bonchev–Trinajstić information content (AvgIpc) is 3.26. The Bertz CT molecular complexity index is 838. The first-order valence-electron chi connectivity index (χ1n) is 9.28. The van der Waals surface area contributed by atoms with E-state index < -0.39 is 0 Å². The largest absolute Gasteiger partial charge is 0.376 e. The second kappa shape index (κ2) is 8.35. The molecule has 3 N–H and O–H groups in total. The lowest BCUT2D eigenvalue weighted by molar-refractivity contribution is -0.118. The highest BCUT2D eigenvalue weighted by atomic mass is 16.5. The highest BCUT2D eigenvalue weighted by Gasteiger charge is 2.18. The smallest absolute Gasteiger partial charge is 0.251 e. The summed E-state index contributed by atoms with van der Waals surface area (Å²) in [5.74, 6) is -0.460. The van der Waals surface area contributed by atoms with Crippen LogP contribution >= 0.6 is 0 Å². The number of nitrogens with zero attached hydrogens (tertiary/aromatic N) is 2. The number of ether oxygens (including phenoxy) is 1. The lowest BCUT2D eigenvalue weighted by Crippen LogP contribution is -2.31. The summed E-state index contributed by atoms with van der Waals surface area (Å²) in [6.07, 6.45) is 2.40. The van der Waals surface area contributed by atoms with E-state index in [1.807, 2.05) is 32.0 Å². The number of rotatable bonds is 7. The molecular formula is C20H26N4O3. The molecule has 0 saturated carbocycles. The van der Waals surface area contributed by atoms with Gasteiger partial charge in [0, 0.05) is 42.9 Å². The van der Waals surface area contributed by atoms with Gasteiger partial charge in [0.1, 0.15) is 0 Å². The van der Waals surface area contributed by atoms with E-state index in [1.165, 1.54) is 0 Å². The summed E-state index contributed by atoms with van der Waals surface area (Å²) in [5, 5.41) is 7.46. The van der Waals surface area contributed by atoms with E-state index in [2.05, 4.69) is 10.4 Å². The molecule has 0 bridgehead atoms. The molecule has 27 heavy (non-hydrogen) atoms. The van der Waals surface area contributed by atoms with Gasteiger partial charge < -0.3 is 15.8 Å². The molecule has 0 radical (unpaired) electrons. The molecule has 1 aromatic carbocycles. The van der Waals surface area contributed by atoms with Gasteiger partial charge in [0.2, 0.25) is 5.91 Å². The van der Waals surface area contributed by atoms with Crippen molar-refractivity contribution in [3.63, 3.8) is 0 Å². The number of carbonyl (C=O) groups excluding carboxylic acids is 2. The molecule has 0 spiro atoms. The van der Waals surface area contributed by atoms with Gasteiger partial charge in [-0.2, -0.15) is 5.10 Å². The first-order chi connectivity index (χ1) is 13.0. The molecule has 7 heteroatoms. The monoisotopic (exact) mass is 370 g/mol. The highest BCUT2D eigenvalue weighted by molar-refractivity contribution is 5.95. The number of amides is 2. The number of nitrogens with two attached hydrogens (primary N) is 1. The Morgan fingerprint density at radius 2 is 2.19 bits per heavy atom. The second-order valence-electron chi connectivity index (χ2n) is 6.91. The van der Waals surface area contributed by atoms with Crippen molar-refractivity contribution in [3.05, 3.63) is 41.2 Å². The Hall–Kier alpha value is -2.67. The fraction of sp³-hybridized carbons (Fsp3) is 0.450. The number of hydrogen-bond donors (Lipinski definition) is 2. The van der Waals surface area contributed by atoms with Crippen molar-refractivity contribution in [2.24, 2.45) is 5.73 Å². The van der Waals surface area contributed by atoms with Crippen LogP contribution in [-0.2, 0) is 16.1 Å². The normalized spacial score (nSPS) is 16.4. The Kier molecular flexibility index (Phi) is 5.91. The number of benzene rings is 1. The van der Waals surface area contributed by atoms with Crippen LogP contribution in [-0.4, -0.2) is 40.9 Å². The van der Waals surface area contributed by atoms with Crippen LogP contribution in [0.4, 0.5) is 0 Å². The number of aryl methyl sites for hydroxylation is 2. The maximum Gasteiger partial charge on any atom is 0.251 e. The van der Waals surface area contributed by atoms with Gasteiger partial charge in [0.05, 0.1) is 11.8 Å². The number of primary amides is 1. The number of nitrogens with one attached hydrogen (secondary N) is 1. The third-order valence-electron chi connectivity index (χ3n) is 4.88. The fourth-order valence-corrected chi connectivity index (χ4v) is 3.48. The number of hydrogen-bond acceptors (Lipinski definition) is 4. The zero-order valence-corrected chi connectivity index (χ0v) is 15.8. The molecule has 1 aliphatic rings. The van der Waals surface area contributed by atoms with Gasteiger partial charge in [-0.25, -0.2) is 0 Å². The van der Waals surface area contributed by atoms with Crippen molar-refractivity contribution in [1.29, 1.82) is 0 Å². The summed E-state index contributed by atoms with van der Waals surface area (Å²) >= 11 is 0. The summed E-state index contributed by atoms with van der Waals surface area (Å²) in [6, 6.07) is 7.51. The van der Waals surface area contributed by atoms with Gasteiger partial charge in [-0.15, -0.1) is 0 Å². The zero-order valence-electron chi connectivity index (χ0n) is 15.8. The van der Waals surface area contributed by atoms with Crippen molar-refractivity contribution >= 4 is 11.8 Å². The van der Waals surface area contributed by atoms with E-state index in [0.29, 0.717) is 18.7 Å². The van der Waals surface area contributed by atoms with Gasteiger partial charge in [-0.1, -0.05) is 12.1 Å². The molecule has 0 aliphatic carbocycles. The maximum atomic E-state index is 12.5. The van der Waals surface area contributed by atoms with Crippen LogP contribution < -0.4 is 11.1 Å². The van der Waals surface area contributed by atoms with Crippen molar-refractivity contribution in [3.8, 4) is 11.1 Å². The second-order valence-corrected chi connectivity index (χ2v) is 6.91. The Morgan fingerprint density at radius 1 is 1.37 bits per heavy atom. The van der Waals surface area contributed by atoms with Crippen LogP contribution in [0.2, 0.25) is 0 Å². The van der Waals surface area contributed by atoms with Crippen LogP contribution in [0.25, 0.3) is 11.1 Å². The van der Waals surface area contributed by atoms with Crippen LogP contribution in [0.5, 0.6) is 0 Å². The molecule has 144 valence electrons. The van der Waals surface area contributed by atoms with E-state index in [9.17, 15) is 9.59 Å². The van der Waals surface area contributed by atoms with Crippen LogP contribution in [0, 0.1) is 13.8 Å². The Balaban J connectivity index is 1.76. The topological polar surface area (TPSA) is 99.2 Å². The van der Waals surface area contributed by atoms with Gasteiger partial charge >= 0.3 is 0 Å². The van der Waals surface area contributed by atoms with Crippen molar-refractivity contribution < 1.29 is 14.3 Å². The Labute approximate surface area is 158 Å². The molecule has 1 aliphatic heterocycles. The molecule has 1 aromatic heterocycles. The van der Waals surface area contributed by atoms with Gasteiger partial charge in [-0.3, -0.25) is 14.3 Å². The summed E-state index contributed by atoms with van der Waals surface area (Å²) in [6.45, 7) is 5.64. The van der Waals surface area contributed by atoms with Crippen molar-refractivity contribution in [2.45, 2.75) is 45.8 Å². The third kappa shape index (κ3) is 4.54. The first-order valence-corrected chi connectivity index (χ1v) is 9.28. The molecule has 0 unspecified atom stereocenters. The minimum atomic E-state index is -0.353. The molecule has 7 nitrogen and oxygen atoms in total. The third-order valence-corrected chi connectivity index (χ3v) is 4.88. The number of carbonyl (C=O) groups is 2. The molecular weight excluding hydrogens is 344 g/mol. The average molecular weight is 370 g/mol. The summed E-state index contributed by atoms with van der Waals surface area (Å²) in [7, 11) is 0. The lowest BCUT2D eigenvalue weighted by atomic mass is 10.0. The molecule has 3 rings (SSSR count). The molecule has 1 atom stereocenters. The summed E-state index contributed by atoms with van der Waals surface area (Å²) in [4.78, 5) is 23.5. The molecule has 2 amide bonds. The Morgan fingerprint density at radius 3 is 2.89 bits per heavy atom. The summed E-state index contributed by atoms with van der Waals surface area (Å²) in [5.41, 5.74) is 9.56. The molecule has 1 saturated heterocycles. The zero-order chi connectivity index (χ0) is 19.4. The quantitative estimate of drug-likeness (QED) is 0.778. The predicted octanol–water partition coefficient (Wildman–Crippen LogP) is 1.95. The van der Waals surface area contributed by atoms with Crippen molar-refractivity contribution in [2.75, 3.05) is 13.2 Å². The first kappa shape index (κ1) is 19.1. The van der Waals surface area contributed by atoms with E-state index in [-0.39, 0.29) is 24.3 Å². The van der Waals surface area contributed by atoms with Gasteiger partial charge in [-0.05, 0) is 44.4 Å². The van der Waals surface area contributed by atoms with E-state index >= 15 is 0 Å². The highest BCUT2D eigenvalue weighted by Crippen LogP contribution is 2.28. The van der Waals surface area contributed by atoms with Gasteiger partial charge in [0.25, 0.3) is 5.91 Å². The van der Waals surface area contributed by atoms with Crippen LogP contribution in [0.1, 0.15) is 41.0 Å². The van der Waals surface area contributed by atoms with E-state index in [1.54, 1.807) is 10.7 Å². The maximum absolute atomic E-state index is 12.5. The van der Waals surface area contributed by atoms with Crippen LogP contribution in [0.3, 0.4) is 0 Å². The van der Waals surface area contributed by atoms with E-state index in [0.717, 1.165) is 42.0 Å². The van der Waals surface area contributed by atoms with E-state index in [4.69, 9.17) is 10.5 Å². The number of aromatic nitrogens is 2. The fourth-order valence-electron chi connectivity index (χ4n) is 3.48. The lowest BCUT2D eigenvalue weighted by Gasteiger charge is -2.11. The molecule has 2 aromatic rings. The molecule has 2 heterocycles. The summed E-state index contributed by atoms with van der Waals surface area (Å²) < 4.78 is 7.34. The van der Waals surface area contributed by atoms with Crippen LogP contribution in [0.15, 0.2) is 24.3 Å². The predicted molar refractivity (Wildman–Crippen MR) is 102 cm³/mol. The van der Waals surface area contributed by atoms with Gasteiger partial charge in [0.15, 0.2) is 0 Å². The minimum Gasteiger partial charge on any atom is -0.376 e.